The van der Waals surface area contributed by atoms with Gasteiger partial charge in [0.1, 0.15) is 0 Å². The molecule has 0 unspecified atom stereocenters. The molecule has 4 aromatic carbocycles. The SMILES string of the molecule is Cc1ccc(C(O)(c2ccc(C)cc2)C(O)(c2ccc(Cl)cc2)c2ccc(Cl)cc2)cc1. The minimum Gasteiger partial charge on any atom is -0.377 e. The van der Waals surface area contributed by atoms with Crippen molar-refractivity contribution in [2.24, 2.45) is 0 Å². The van der Waals surface area contributed by atoms with Crippen LogP contribution in [0.15, 0.2) is 97.1 Å². The first-order valence-electron chi connectivity index (χ1n) is 10.4. The molecule has 4 aromatic rings. The first-order chi connectivity index (χ1) is 15.2. The van der Waals surface area contributed by atoms with E-state index in [0.29, 0.717) is 32.3 Å². The van der Waals surface area contributed by atoms with Crippen LogP contribution in [0, 0.1) is 13.8 Å². The standard InChI is InChI=1S/C28H24Cl2O2/c1-19-3-7-21(8-4-19)27(31,22-9-5-20(2)6-10-22)28(32,23-11-15-25(29)16-12-23)24-13-17-26(30)18-14-24/h3-18,31-32H,1-2H3. The van der Waals surface area contributed by atoms with Crippen LogP contribution in [-0.4, -0.2) is 10.2 Å². The maximum absolute atomic E-state index is 12.6. The van der Waals surface area contributed by atoms with Crippen LogP contribution in [0.5, 0.6) is 0 Å². The van der Waals surface area contributed by atoms with Crippen molar-refractivity contribution in [2.75, 3.05) is 0 Å². The zero-order valence-electron chi connectivity index (χ0n) is 17.9. The molecule has 4 rings (SSSR count). The Hall–Kier alpha value is -2.62. The van der Waals surface area contributed by atoms with Gasteiger partial charge in [-0.3, -0.25) is 0 Å². The lowest BCUT2D eigenvalue weighted by molar-refractivity contribution is -0.113. The zero-order chi connectivity index (χ0) is 22.9. The predicted molar refractivity (Wildman–Crippen MR) is 131 cm³/mol. The molecule has 0 aliphatic heterocycles. The molecule has 4 heteroatoms. The van der Waals surface area contributed by atoms with Gasteiger partial charge in [0.15, 0.2) is 11.2 Å². The summed E-state index contributed by atoms with van der Waals surface area (Å²) in [5, 5.41) is 26.2. The molecule has 0 saturated heterocycles. The van der Waals surface area contributed by atoms with Crippen LogP contribution in [0.1, 0.15) is 33.4 Å². The van der Waals surface area contributed by atoms with E-state index in [1.165, 1.54) is 0 Å². The summed E-state index contributed by atoms with van der Waals surface area (Å²) >= 11 is 12.3. The number of hydrogen-bond acceptors (Lipinski definition) is 2. The number of aryl methyl sites for hydroxylation is 2. The Labute approximate surface area is 198 Å². The maximum atomic E-state index is 12.6. The summed E-state index contributed by atoms with van der Waals surface area (Å²) in [6.45, 7) is 3.97. The Morgan fingerprint density at radius 1 is 0.438 bits per heavy atom. The van der Waals surface area contributed by atoms with Gasteiger partial charge in [-0.1, -0.05) is 107 Å². The van der Waals surface area contributed by atoms with Crippen LogP contribution in [0.2, 0.25) is 10.0 Å². The van der Waals surface area contributed by atoms with Crippen molar-refractivity contribution >= 4 is 23.2 Å². The molecule has 0 radical (unpaired) electrons. The highest BCUT2D eigenvalue weighted by Crippen LogP contribution is 2.50. The lowest BCUT2D eigenvalue weighted by Gasteiger charge is -2.45. The van der Waals surface area contributed by atoms with Gasteiger partial charge in [-0.15, -0.1) is 0 Å². The van der Waals surface area contributed by atoms with E-state index in [0.717, 1.165) is 11.1 Å². The van der Waals surface area contributed by atoms with Crippen molar-refractivity contribution < 1.29 is 10.2 Å². The average Bonchev–Trinajstić information content (AvgIpc) is 2.80. The van der Waals surface area contributed by atoms with E-state index in [1.807, 2.05) is 62.4 Å². The average molecular weight is 463 g/mol. The van der Waals surface area contributed by atoms with Gasteiger partial charge >= 0.3 is 0 Å². The molecule has 0 aliphatic carbocycles. The molecule has 2 nitrogen and oxygen atoms in total. The van der Waals surface area contributed by atoms with Crippen molar-refractivity contribution in [1.29, 1.82) is 0 Å². The Kier molecular flexibility index (Phi) is 6.15. The van der Waals surface area contributed by atoms with E-state index in [-0.39, 0.29) is 0 Å². The van der Waals surface area contributed by atoms with Crippen LogP contribution in [-0.2, 0) is 11.2 Å². The molecule has 2 N–H and O–H groups in total. The molecule has 162 valence electrons. The second-order valence-electron chi connectivity index (χ2n) is 8.17. The van der Waals surface area contributed by atoms with Crippen molar-refractivity contribution in [3.8, 4) is 0 Å². The molecule has 0 aromatic heterocycles. The number of rotatable bonds is 5. The molecule has 0 bridgehead atoms. The van der Waals surface area contributed by atoms with Crippen LogP contribution in [0.25, 0.3) is 0 Å². The lowest BCUT2D eigenvalue weighted by atomic mass is 9.66. The highest BCUT2D eigenvalue weighted by Gasteiger charge is 2.54. The molecular weight excluding hydrogens is 439 g/mol. The Morgan fingerprint density at radius 2 is 0.656 bits per heavy atom. The monoisotopic (exact) mass is 462 g/mol. The van der Waals surface area contributed by atoms with Crippen molar-refractivity contribution in [3.63, 3.8) is 0 Å². The Bertz CT molecular complexity index is 1010. The highest BCUT2D eigenvalue weighted by molar-refractivity contribution is 6.30. The van der Waals surface area contributed by atoms with E-state index < -0.39 is 11.2 Å². The van der Waals surface area contributed by atoms with E-state index in [1.54, 1.807) is 48.5 Å². The second-order valence-corrected chi connectivity index (χ2v) is 9.04. The molecule has 32 heavy (non-hydrogen) atoms. The number of halogens is 2. The fourth-order valence-electron chi connectivity index (χ4n) is 4.14. The first kappa shape index (κ1) is 22.6. The molecule has 0 amide bonds. The van der Waals surface area contributed by atoms with Gasteiger partial charge in [-0.05, 0) is 60.4 Å². The van der Waals surface area contributed by atoms with Crippen LogP contribution >= 0.6 is 23.2 Å². The van der Waals surface area contributed by atoms with Gasteiger partial charge in [0, 0.05) is 10.0 Å². The Balaban J connectivity index is 2.09. The summed E-state index contributed by atoms with van der Waals surface area (Å²) in [6.07, 6.45) is 0. The maximum Gasteiger partial charge on any atom is 0.152 e. The second kappa shape index (κ2) is 8.73. The summed E-state index contributed by atoms with van der Waals surface area (Å²) in [5.74, 6) is 0. The molecule has 0 spiro atoms. The van der Waals surface area contributed by atoms with Crippen molar-refractivity contribution in [3.05, 3.63) is 140 Å². The van der Waals surface area contributed by atoms with Gasteiger partial charge in [0.25, 0.3) is 0 Å². The third kappa shape index (κ3) is 3.85. The minimum absolute atomic E-state index is 0.507. The van der Waals surface area contributed by atoms with Gasteiger partial charge < -0.3 is 10.2 Å². The lowest BCUT2D eigenvalue weighted by Crippen LogP contribution is -2.51. The van der Waals surface area contributed by atoms with Crippen LogP contribution in [0.4, 0.5) is 0 Å². The predicted octanol–water partition coefficient (Wildman–Crippen LogP) is 6.78. The molecular formula is C28H24Cl2O2. The van der Waals surface area contributed by atoms with E-state index in [2.05, 4.69) is 0 Å². The summed E-state index contributed by atoms with van der Waals surface area (Å²) in [6, 6.07) is 28.9. The fraction of sp³-hybridized carbons (Fsp3) is 0.143. The summed E-state index contributed by atoms with van der Waals surface area (Å²) in [4.78, 5) is 0. The summed E-state index contributed by atoms with van der Waals surface area (Å²) in [7, 11) is 0. The van der Waals surface area contributed by atoms with E-state index in [4.69, 9.17) is 23.2 Å². The normalized spacial score (nSPS) is 12.1. The van der Waals surface area contributed by atoms with Gasteiger partial charge in [-0.25, -0.2) is 0 Å². The van der Waals surface area contributed by atoms with Gasteiger partial charge in [0.05, 0.1) is 0 Å². The van der Waals surface area contributed by atoms with Gasteiger partial charge in [0.2, 0.25) is 0 Å². The quantitative estimate of drug-likeness (QED) is 0.343. The molecule has 0 fully saturated rings. The molecule has 0 heterocycles. The fourth-order valence-corrected chi connectivity index (χ4v) is 4.39. The third-order valence-electron chi connectivity index (χ3n) is 5.99. The number of hydrogen-bond donors (Lipinski definition) is 2. The largest absolute Gasteiger partial charge is 0.377 e. The van der Waals surface area contributed by atoms with Crippen LogP contribution in [0.3, 0.4) is 0 Å². The zero-order valence-corrected chi connectivity index (χ0v) is 19.4. The number of aliphatic hydroxyl groups is 2. The smallest absolute Gasteiger partial charge is 0.152 e. The molecule has 0 aliphatic rings. The first-order valence-corrected chi connectivity index (χ1v) is 11.1. The van der Waals surface area contributed by atoms with Gasteiger partial charge in [-0.2, -0.15) is 0 Å². The van der Waals surface area contributed by atoms with E-state index >= 15 is 0 Å². The van der Waals surface area contributed by atoms with Crippen molar-refractivity contribution in [1.82, 2.24) is 0 Å². The topological polar surface area (TPSA) is 40.5 Å². The molecule has 0 saturated carbocycles. The summed E-state index contributed by atoms with van der Waals surface area (Å²) in [5.41, 5.74) is 0.616. The summed E-state index contributed by atoms with van der Waals surface area (Å²) < 4.78 is 0. The Morgan fingerprint density at radius 3 is 0.906 bits per heavy atom. The van der Waals surface area contributed by atoms with Crippen molar-refractivity contribution in [2.45, 2.75) is 25.0 Å². The molecule has 0 atom stereocenters. The number of benzene rings is 4. The van der Waals surface area contributed by atoms with E-state index in [9.17, 15) is 10.2 Å². The van der Waals surface area contributed by atoms with Crippen LogP contribution < -0.4 is 0 Å². The minimum atomic E-state index is -1.84. The third-order valence-corrected chi connectivity index (χ3v) is 6.49. The highest BCUT2D eigenvalue weighted by atomic mass is 35.5.